The van der Waals surface area contributed by atoms with Crippen LogP contribution in [0.15, 0.2) is 47.1 Å². The Bertz CT molecular complexity index is 816. The lowest BCUT2D eigenvalue weighted by Crippen LogP contribution is -2.44. The largest absolute Gasteiger partial charge is 0.353 e. The topological polar surface area (TPSA) is 45.6 Å². The smallest absolute Gasteiger partial charge is 0.254 e. The molecule has 6 heteroatoms. The number of rotatable bonds is 10. The minimum Gasteiger partial charge on any atom is -0.353 e. The number of benzene rings is 1. The van der Waals surface area contributed by atoms with E-state index in [2.05, 4.69) is 36.7 Å². The van der Waals surface area contributed by atoms with Crippen molar-refractivity contribution in [1.82, 2.24) is 14.4 Å². The molecule has 2 amide bonds. The lowest BCUT2D eigenvalue weighted by molar-refractivity contribution is -0.132. The van der Waals surface area contributed by atoms with E-state index in [9.17, 15) is 9.59 Å². The Morgan fingerprint density at radius 1 is 1.14 bits per heavy atom. The monoisotopic (exact) mass is 461 g/mol. The SMILES string of the molecule is CCCCN(Cc1cccn1C)C(=O)CN(CC(C)C)C(=O)c1cccc(Br)c1. The van der Waals surface area contributed by atoms with Crippen molar-refractivity contribution >= 4 is 27.7 Å². The summed E-state index contributed by atoms with van der Waals surface area (Å²) in [7, 11) is 1.99. The minimum absolute atomic E-state index is 0.0105. The summed E-state index contributed by atoms with van der Waals surface area (Å²) in [5.41, 5.74) is 1.68. The normalized spacial score (nSPS) is 11.0. The summed E-state index contributed by atoms with van der Waals surface area (Å²) in [6.07, 6.45) is 3.95. The standard InChI is InChI=1S/C23H32BrN3O2/c1-5-6-13-26(16-21-11-8-12-25(21)4)22(28)17-27(15-18(2)3)23(29)19-9-7-10-20(24)14-19/h7-12,14,18H,5-6,13,15-17H2,1-4H3. The number of aromatic nitrogens is 1. The molecule has 0 bridgehead atoms. The minimum atomic E-state index is -0.109. The summed E-state index contributed by atoms with van der Waals surface area (Å²) in [6.45, 7) is 8.13. The molecule has 29 heavy (non-hydrogen) atoms. The van der Waals surface area contributed by atoms with Crippen LogP contribution in [0, 0.1) is 5.92 Å². The molecular formula is C23H32BrN3O2. The number of unbranched alkanes of at least 4 members (excludes halogenated alkanes) is 1. The zero-order chi connectivity index (χ0) is 21.4. The van der Waals surface area contributed by atoms with Crippen LogP contribution in [-0.4, -0.2) is 45.8 Å². The molecule has 2 rings (SSSR count). The number of carbonyl (C=O) groups excluding carboxylic acids is 2. The van der Waals surface area contributed by atoms with Crippen LogP contribution in [0.1, 0.15) is 49.7 Å². The average Bonchev–Trinajstić information content (AvgIpc) is 3.08. The highest BCUT2D eigenvalue weighted by Gasteiger charge is 2.23. The average molecular weight is 462 g/mol. The first-order valence-electron chi connectivity index (χ1n) is 10.2. The van der Waals surface area contributed by atoms with Crippen LogP contribution in [0.5, 0.6) is 0 Å². The Morgan fingerprint density at radius 2 is 1.90 bits per heavy atom. The molecule has 0 saturated heterocycles. The molecule has 0 N–H and O–H groups in total. The molecule has 2 aromatic rings. The second kappa shape index (κ2) is 11.2. The van der Waals surface area contributed by atoms with Gasteiger partial charge in [-0.15, -0.1) is 0 Å². The van der Waals surface area contributed by atoms with Gasteiger partial charge in [0.25, 0.3) is 5.91 Å². The predicted octanol–water partition coefficient (Wildman–Crippen LogP) is 4.71. The summed E-state index contributed by atoms with van der Waals surface area (Å²) in [5, 5.41) is 0. The Hall–Kier alpha value is -2.08. The fourth-order valence-electron chi connectivity index (χ4n) is 3.22. The molecule has 0 fully saturated rings. The molecule has 5 nitrogen and oxygen atoms in total. The number of halogens is 1. The summed E-state index contributed by atoms with van der Waals surface area (Å²) >= 11 is 3.42. The van der Waals surface area contributed by atoms with E-state index in [0.29, 0.717) is 25.2 Å². The molecule has 0 aliphatic carbocycles. The van der Waals surface area contributed by atoms with Crippen LogP contribution >= 0.6 is 15.9 Å². The van der Waals surface area contributed by atoms with Crippen molar-refractivity contribution in [2.75, 3.05) is 19.6 Å². The molecule has 158 valence electrons. The van der Waals surface area contributed by atoms with Gasteiger partial charge in [0, 0.05) is 42.1 Å². The van der Waals surface area contributed by atoms with Gasteiger partial charge < -0.3 is 14.4 Å². The van der Waals surface area contributed by atoms with Crippen LogP contribution in [0.4, 0.5) is 0 Å². The van der Waals surface area contributed by atoms with E-state index in [1.54, 1.807) is 17.0 Å². The van der Waals surface area contributed by atoms with E-state index >= 15 is 0 Å². The molecule has 0 aliphatic rings. The molecule has 1 heterocycles. The van der Waals surface area contributed by atoms with Crippen LogP contribution in [0.2, 0.25) is 0 Å². The summed E-state index contributed by atoms with van der Waals surface area (Å²) in [5.74, 6) is 0.155. The number of amides is 2. The van der Waals surface area contributed by atoms with Crippen molar-refractivity contribution in [3.8, 4) is 0 Å². The zero-order valence-corrected chi connectivity index (χ0v) is 19.5. The van der Waals surface area contributed by atoms with Gasteiger partial charge in [0.1, 0.15) is 6.54 Å². The molecule has 0 spiro atoms. The number of hydrogen-bond acceptors (Lipinski definition) is 2. The second-order valence-corrected chi connectivity index (χ2v) is 8.78. The number of hydrogen-bond donors (Lipinski definition) is 0. The first kappa shape index (κ1) is 23.2. The Kier molecular flexibility index (Phi) is 8.96. The van der Waals surface area contributed by atoms with E-state index in [-0.39, 0.29) is 24.3 Å². The maximum atomic E-state index is 13.2. The fourth-order valence-corrected chi connectivity index (χ4v) is 3.62. The third kappa shape index (κ3) is 7.03. The van der Waals surface area contributed by atoms with E-state index in [0.717, 1.165) is 23.0 Å². The lowest BCUT2D eigenvalue weighted by atomic mass is 10.1. The highest BCUT2D eigenvalue weighted by atomic mass is 79.9. The molecule has 0 saturated carbocycles. The van der Waals surface area contributed by atoms with Gasteiger partial charge in [-0.05, 0) is 42.7 Å². The van der Waals surface area contributed by atoms with Gasteiger partial charge in [-0.1, -0.05) is 49.2 Å². The van der Waals surface area contributed by atoms with Gasteiger partial charge in [0.05, 0.1) is 6.54 Å². The number of carbonyl (C=O) groups is 2. The van der Waals surface area contributed by atoms with Crippen LogP contribution in [-0.2, 0) is 18.4 Å². The van der Waals surface area contributed by atoms with Gasteiger partial charge in [-0.25, -0.2) is 0 Å². The molecular weight excluding hydrogens is 430 g/mol. The zero-order valence-electron chi connectivity index (χ0n) is 17.9. The maximum Gasteiger partial charge on any atom is 0.254 e. The van der Waals surface area contributed by atoms with Crippen molar-refractivity contribution in [1.29, 1.82) is 0 Å². The third-order valence-corrected chi connectivity index (χ3v) is 5.30. The van der Waals surface area contributed by atoms with Gasteiger partial charge in [0.2, 0.25) is 5.91 Å². The summed E-state index contributed by atoms with van der Waals surface area (Å²) in [4.78, 5) is 29.9. The van der Waals surface area contributed by atoms with Gasteiger partial charge in [-0.2, -0.15) is 0 Å². The van der Waals surface area contributed by atoms with Crippen molar-refractivity contribution in [3.63, 3.8) is 0 Å². The van der Waals surface area contributed by atoms with Crippen LogP contribution in [0.3, 0.4) is 0 Å². The van der Waals surface area contributed by atoms with Gasteiger partial charge >= 0.3 is 0 Å². The second-order valence-electron chi connectivity index (χ2n) is 7.87. The Labute approximate surface area is 182 Å². The van der Waals surface area contributed by atoms with E-state index in [1.165, 1.54) is 0 Å². The molecule has 0 radical (unpaired) electrons. The van der Waals surface area contributed by atoms with Crippen molar-refractivity contribution < 1.29 is 9.59 Å². The van der Waals surface area contributed by atoms with Crippen molar-refractivity contribution in [2.45, 2.75) is 40.2 Å². The molecule has 0 atom stereocenters. The quantitative estimate of drug-likeness (QED) is 0.513. The number of nitrogens with zero attached hydrogens (tertiary/aromatic N) is 3. The predicted molar refractivity (Wildman–Crippen MR) is 121 cm³/mol. The van der Waals surface area contributed by atoms with Gasteiger partial charge in [-0.3, -0.25) is 9.59 Å². The van der Waals surface area contributed by atoms with Crippen molar-refractivity contribution in [2.24, 2.45) is 13.0 Å². The first-order chi connectivity index (χ1) is 13.8. The molecule has 1 aromatic carbocycles. The Morgan fingerprint density at radius 3 is 2.48 bits per heavy atom. The summed E-state index contributed by atoms with van der Waals surface area (Å²) < 4.78 is 2.89. The van der Waals surface area contributed by atoms with Gasteiger partial charge in [0.15, 0.2) is 0 Å². The first-order valence-corrected chi connectivity index (χ1v) is 11.0. The Balaban J connectivity index is 2.18. The van der Waals surface area contributed by atoms with E-state index in [1.807, 2.05) is 47.0 Å². The summed E-state index contributed by atoms with van der Waals surface area (Å²) in [6, 6.07) is 11.4. The molecule has 0 aliphatic heterocycles. The highest BCUT2D eigenvalue weighted by Crippen LogP contribution is 2.15. The van der Waals surface area contributed by atoms with E-state index < -0.39 is 0 Å². The maximum absolute atomic E-state index is 13.2. The van der Waals surface area contributed by atoms with Crippen LogP contribution in [0.25, 0.3) is 0 Å². The lowest BCUT2D eigenvalue weighted by Gasteiger charge is -2.29. The third-order valence-electron chi connectivity index (χ3n) is 4.81. The number of aryl methyl sites for hydroxylation is 1. The van der Waals surface area contributed by atoms with Crippen LogP contribution < -0.4 is 0 Å². The molecule has 0 unspecified atom stereocenters. The van der Waals surface area contributed by atoms with E-state index in [4.69, 9.17) is 0 Å². The molecule has 1 aromatic heterocycles. The fraction of sp³-hybridized carbons (Fsp3) is 0.478. The van der Waals surface area contributed by atoms with Crippen molar-refractivity contribution in [3.05, 3.63) is 58.3 Å². The highest BCUT2D eigenvalue weighted by molar-refractivity contribution is 9.10.